The summed E-state index contributed by atoms with van der Waals surface area (Å²) in [7, 11) is 0. The predicted octanol–water partition coefficient (Wildman–Crippen LogP) is 3.40. The molecule has 1 aromatic heterocycles. The molecule has 1 N–H and O–H groups in total. The van der Waals surface area contributed by atoms with E-state index in [0.29, 0.717) is 5.92 Å². The Hall–Kier alpha value is -1.45. The third-order valence-corrected chi connectivity index (χ3v) is 4.04. The fourth-order valence-electron chi connectivity index (χ4n) is 3.13. The quantitative estimate of drug-likeness (QED) is 0.893. The van der Waals surface area contributed by atoms with Gasteiger partial charge >= 0.3 is 6.09 Å². The molecule has 0 unspecified atom stereocenters. The predicted molar refractivity (Wildman–Crippen MR) is 66.0 cm³/mol. The maximum absolute atomic E-state index is 11.4. The average Bonchev–Trinajstić information content (AvgIpc) is 3.00. The van der Waals surface area contributed by atoms with Crippen molar-refractivity contribution in [1.82, 2.24) is 5.32 Å². The van der Waals surface area contributed by atoms with Crippen molar-refractivity contribution in [2.45, 2.75) is 50.7 Å². The molecule has 2 aliphatic rings. The van der Waals surface area contributed by atoms with Crippen molar-refractivity contribution in [1.29, 1.82) is 0 Å². The van der Waals surface area contributed by atoms with Gasteiger partial charge in [-0.3, -0.25) is 0 Å². The van der Waals surface area contributed by atoms with Gasteiger partial charge < -0.3 is 14.5 Å². The van der Waals surface area contributed by atoms with Crippen molar-refractivity contribution < 1.29 is 13.9 Å². The lowest BCUT2D eigenvalue weighted by atomic mass is 9.83. The highest BCUT2D eigenvalue weighted by molar-refractivity contribution is 5.70. The third-order valence-electron chi connectivity index (χ3n) is 4.04. The molecule has 1 saturated heterocycles. The van der Waals surface area contributed by atoms with E-state index in [1.54, 1.807) is 6.26 Å². The van der Waals surface area contributed by atoms with Gasteiger partial charge in [-0.1, -0.05) is 32.1 Å². The summed E-state index contributed by atoms with van der Waals surface area (Å²) in [5.74, 6) is 1.46. The van der Waals surface area contributed by atoms with Crippen LogP contribution in [0.25, 0.3) is 0 Å². The SMILES string of the molecule is O=C1N[C@@H](CC2CCCCC2)[C@H](c2ccco2)O1. The Morgan fingerprint density at radius 2 is 2.11 bits per heavy atom. The zero-order chi connectivity index (χ0) is 12.4. The van der Waals surface area contributed by atoms with Crippen molar-refractivity contribution in [3.8, 4) is 0 Å². The first kappa shape index (κ1) is 11.6. The maximum Gasteiger partial charge on any atom is 0.408 e. The Morgan fingerprint density at radius 3 is 2.83 bits per heavy atom. The molecule has 98 valence electrons. The van der Waals surface area contributed by atoms with Gasteiger partial charge in [-0.15, -0.1) is 0 Å². The molecule has 0 spiro atoms. The topological polar surface area (TPSA) is 51.5 Å². The summed E-state index contributed by atoms with van der Waals surface area (Å²) in [4.78, 5) is 11.4. The van der Waals surface area contributed by atoms with Crippen LogP contribution in [-0.4, -0.2) is 12.1 Å². The molecule has 1 aliphatic heterocycles. The van der Waals surface area contributed by atoms with Gasteiger partial charge in [-0.25, -0.2) is 4.79 Å². The molecule has 0 aromatic carbocycles. The van der Waals surface area contributed by atoms with Crippen molar-refractivity contribution in [2.75, 3.05) is 0 Å². The van der Waals surface area contributed by atoms with E-state index >= 15 is 0 Å². The molecule has 18 heavy (non-hydrogen) atoms. The second kappa shape index (κ2) is 5.04. The van der Waals surface area contributed by atoms with Crippen LogP contribution in [0.3, 0.4) is 0 Å². The summed E-state index contributed by atoms with van der Waals surface area (Å²) < 4.78 is 10.7. The molecule has 2 fully saturated rings. The fourth-order valence-corrected chi connectivity index (χ4v) is 3.13. The number of nitrogens with one attached hydrogen (secondary N) is 1. The van der Waals surface area contributed by atoms with Gasteiger partial charge in [0.1, 0.15) is 5.76 Å². The van der Waals surface area contributed by atoms with Gasteiger partial charge in [-0.05, 0) is 24.5 Å². The first-order chi connectivity index (χ1) is 8.83. The number of hydrogen-bond acceptors (Lipinski definition) is 3. The van der Waals surface area contributed by atoms with Crippen LogP contribution in [0.4, 0.5) is 4.79 Å². The molecule has 1 amide bonds. The third kappa shape index (κ3) is 2.37. The number of carbonyl (C=O) groups excluding carboxylic acids is 1. The lowest BCUT2D eigenvalue weighted by molar-refractivity contribution is 0.111. The summed E-state index contributed by atoms with van der Waals surface area (Å²) in [5, 5.41) is 2.92. The number of ether oxygens (including phenoxy) is 1. The van der Waals surface area contributed by atoms with Crippen molar-refractivity contribution in [3.05, 3.63) is 24.2 Å². The number of alkyl carbamates (subject to hydrolysis) is 1. The normalized spacial score (nSPS) is 29.0. The highest BCUT2D eigenvalue weighted by atomic mass is 16.6. The van der Waals surface area contributed by atoms with Crippen molar-refractivity contribution >= 4 is 6.09 Å². The van der Waals surface area contributed by atoms with Gasteiger partial charge in [0, 0.05) is 0 Å². The summed E-state index contributed by atoms with van der Waals surface area (Å²) in [6, 6.07) is 3.77. The molecule has 4 heteroatoms. The van der Waals surface area contributed by atoms with Gasteiger partial charge in [0.25, 0.3) is 0 Å². The van der Waals surface area contributed by atoms with Crippen LogP contribution in [0.15, 0.2) is 22.8 Å². The number of furan rings is 1. The molecule has 4 nitrogen and oxygen atoms in total. The van der Waals surface area contributed by atoms with E-state index < -0.39 is 0 Å². The standard InChI is InChI=1S/C14H19NO3/c16-14-15-11(9-10-5-2-1-3-6-10)13(18-14)12-7-4-8-17-12/h4,7-8,10-11,13H,1-3,5-6,9H2,(H,15,16)/t11-,13+/m0/s1. The van der Waals surface area contributed by atoms with Crippen molar-refractivity contribution in [2.24, 2.45) is 5.92 Å². The average molecular weight is 249 g/mol. The van der Waals surface area contributed by atoms with Gasteiger partial charge in [0.05, 0.1) is 12.3 Å². The van der Waals surface area contributed by atoms with Crippen LogP contribution in [0.5, 0.6) is 0 Å². The van der Waals surface area contributed by atoms with Crippen LogP contribution >= 0.6 is 0 Å². The van der Waals surface area contributed by atoms with Crippen molar-refractivity contribution in [3.63, 3.8) is 0 Å². The molecule has 1 saturated carbocycles. The zero-order valence-corrected chi connectivity index (χ0v) is 10.4. The molecule has 1 aliphatic carbocycles. The number of rotatable bonds is 3. The number of hydrogen-bond donors (Lipinski definition) is 1. The Kier molecular flexibility index (Phi) is 3.26. The Labute approximate surface area is 107 Å². The minimum absolute atomic E-state index is 0.0618. The summed E-state index contributed by atoms with van der Waals surface area (Å²) in [5.41, 5.74) is 0. The lowest BCUT2D eigenvalue weighted by Gasteiger charge is -2.25. The van der Waals surface area contributed by atoms with E-state index in [1.807, 2.05) is 12.1 Å². The second-order valence-electron chi connectivity index (χ2n) is 5.33. The highest BCUT2D eigenvalue weighted by Gasteiger charge is 2.38. The van der Waals surface area contributed by atoms with Crippen LogP contribution in [0.1, 0.15) is 50.4 Å². The molecular formula is C14H19NO3. The Morgan fingerprint density at radius 1 is 1.28 bits per heavy atom. The van der Waals surface area contributed by atoms with E-state index in [-0.39, 0.29) is 18.2 Å². The minimum Gasteiger partial charge on any atom is -0.465 e. The summed E-state index contributed by atoms with van der Waals surface area (Å²) in [6.45, 7) is 0. The largest absolute Gasteiger partial charge is 0.465 e. The second-order valence-corrected chi connectivity index (χ2v) is 5.33. The molecule has 2 heterocycles. The molecule has 3 rings (SSSR count). The number of carbonyl (C=O) groups is 1. The number of amides is 1. The zero-order valence-electron chi connectivity index (χ0n) is 10.4. The summed E-state index contributed by atoms with van der Waals surface area (Å²) in [6.07, 6.45) is 8.58. The molecular weight excluding hydrogens is 230 g/mol. The first-order valence-electron chi connectivity index (χ1n) is 6.83. The van der Waals surface area contributed by atoms with Gasteiger partial charge in [0.15, 0.2) is 6.10 Å². The molecule has 0 bridgehead atoms. The molecule has 0 radical (unpaired) electrons. The fraction of sp³-hybridized carbons (Fsp3) is 0.643. The summed E-state index contributed by atoms with van der Waals surface area (Å²) >= 11 is 0. The van der Waals surface area contributed by atoms with E-state index in [2.05, 4.69) is 5.32 Å². The number of cyclic esters (lactones) is 1. The Bertz CT molecular complexity index is 395. The van der Waals surface area contributed by atoms with Crippen LogP contribution in [0.2, 0.25) is 0 Å². The Balaban J connectivity index is 1.67. The van der Waals surface area contributed by atoms with E-state index in [0.717, 1.165) is 12.2 Å². The van der Waals surface area contributed by atoms with Crippen LogP contribution in [0, 0.1) is 5.92 Å². The van der Waals surface area contributed by atoms with E-state index in [4.69, 9.17) is 9.15 Å². The lowest BCUT2D eigenvalue weighted by Crippen LogP contribution is -2.30. The van der Waals surface area contributed by atoms with Crippen LogP contribution < -0.4 is 5.32 Å². The van der Waals surface area contributed by atoms with Gasteiger partial charge in [-0.2, -0.15) is 0 Å². The van der Waals surface area contributed by atoms with Gasteiger partial charge in [0.2, 0.25) is 0 Å². The van der Waals surface area contributed by atoms with E-state index in [9.17, 15) is 4.79 Å². The molecule has 1 aromatic rings. The minimum atomic E-state index is -0.322. The van der Waals surface area contributed by atoms with E-state index in [1.165, 1.54) is 32.1 Å². The maximum atomic E-state index is 11.4. The monoisotopic (exact) mass is 249 g/mol. The molecule has 2 atom stereocenters. The highest BCUT2D eigenvalue weighted by Crippen LogP contribution is 2.34. The van der Waals surface area contributed by atoms with Crippen LogP contribution in [-0.2, 0) is 4.74 Å². The first-order valence-corrected chi connectivity index (χ1v) is 6.83. The smallest absolute Gasteiger partial charge is 0.408 e.